The molecule has 210 valence electrons. The van der Waals surface area contributed by atoms with Gasteiger partial charge in [0.1, 0.15) is 0 Å². The fourth-order valence-electron chi connectivity index (χ4n) is 4.86. The van der Waals surface area contributed by atoms with Crippen molar-refractivity contribution in [1.82, 2.24) is 4.90 Å². The number of nitrogens with zero attached hydrogens (tertiary/aromatic N) is 1. The van der Waals surface area contributed by atoms with E-state index in [1.54, 1.807) is 6.08 Å². The minimum Gasteiger partial charge on any atom is -0.376 e. The molecule has 37 heavy (non-hydrogen) atoms. The first-order chi connectivity index (χ1) is 17.9. The Morgan fingerprint density at radius 3 is 2.30 bits per heavy atom. The zero-order valence-corrected chi connectivity index (χ0v) is 24.9. The fraction of sp³-hybridized carbons (Fsp3) is 0.618. The van der Waals surface area contributed by atoms with Gasteiger partial charge in [-0.05, 0) is 68.4 Å². The van der Waals surface area contributed by atoms with Crippen LogP contribution in [0, 0.1) is 11.8 Å². The maximum absolute atomic E-state index is 12.7. The lowest BCUT2D eigenvalue weighted by atomic mass is 9.83. The van der Waals surface area contributed by atoms with E-state index in [1.165, 1.54) is 24.8 Å². The molecule has 1 saturated carbocycles. The van der Waals surface area contributed by atoms with E-state index in [9.17, 15) is 4.79 Å². The monoisotopic (exact) mass is 511 g/mol. The summed E-state index contributed by atoms with van der Waals surface area (Å²) in [6.07, 6.45) is 15.4. The Morgan fingerprint density at radius 1 is 1.14 bits per heavy atom. The van der Waals surface area contributed by atoms with E-state index in [1.807, 2.05) is 39.0 Å². The Morgan fingerprint density at radius 2 is 1.76 bits per heavy atom. The highest BCUT2D eigenvalue weighted by Gasteiger charge is 2.35. The highest BCUT2D eigenvalue weighted by Crippen LogP contribution is 2.35. The summed E-state index contributed by atoms with van der Waals surface area (Å²) in [4.78, 5) is 15.0. The van der Waals surface area contributed by atoms with Crippen LogP contribution in [0.15, 0.2) is 66.9 Å². The molecule has 2 fully saturated rings. The van der Waals surface area contributed by atoms with Crippen molar-refractivity contribution in [2.45, 2.75) is 111 Å². The third-order valence-electron chi connectivity index (χ3n) is 7.52. The molecule has 1 aromatic carbocycles. The predicted molar refractivity (Wildman–Crippen MR) is 163 cm³/mol. The Hall–Kier alpha value is -2.13. The molecule has 0 unspecified atom stereocenters. The first-order valence-electron chi connectivity index (χ1n) is 14.8. The van der Waals surface area contributed by atoms with Crippen molar-refractivity contribution in [3.63, 3.8) is 0 Å². The van der Waals surface area contributed by atoms with Crippen molar-refractivity contribution in [1.29, 1.82) is 0 Å². The summed E-state index contributed by atoms with van der Waals surface area (Å²) in [7, 11) is 0. The van der Waals surface area contributed by atoms with E-state index >= 15 is 0 Å². The van der Waals surface area contributed by atoms with Crippen LogP contribution in [0.1, 0.15) is 106 Å². The van der Waals surface area contributed by atoms with Crippen molar-refractivity contribution < 1.29 is 11.0 Å². The summed E-state index contributed by atoms with van der Waals surface area (Å²) in [5.74, 6) is 2.22. The summed E-state index contributed by atoms with van der Waals surface area (Å²) in [6, 6.07) is 11.1. The molecule has 3 heteroatoms. The lowest BCUT2D eigenvalue weighted by molar-refractivity contribution is -0.116. The van der Waals surface area contributed by atoms with Crippen LogP contribution in [0.5, 0.6) is 0 Å². The molecule has 1 aliphatic heterocycles. The van der Waals surface area contributed by atoms with Crippen LogP contribution in [0.25, 0.3) is 0 Å². The van der Waals surface area contributed by atoms with Crippen molar-refractivity contribution in [3.05, 3.63) is 72.5 Å². The molecule has 1 aliphatic carbocycles. The van der Waals surface area contributed by atoms with Crippen LogP contribution in [0.3, 0.4) is 0 Å². The maximum atomic E-state index is 12.7. The summed E-state index contributed by atoms with van der Waals surface area (Å²) < 4.78 is 6.43. The minimum absolute atomic E-state index is 0. The molecule has 0 amide bonds. The molecule has 2 aliphatic rings. The number of likely N-dealkylation sites (tertiary alicyclic amines) is 1. The molecule has 3 nitrogen and oxygen atoms in total. The van der Waals surface area contributed by atoms with Gasteiger partial charge in [-0.25, -0.2) is 0 Å². The quantitative estimate of drug-likeness (QED) is 0.178. The van der Waals surface area contributed by atoms with Crippen LogP contribution in [-0.4, -0.2) is 36.0 Å². The molecule has 0 spiro atoms. The number of ketones is 1. The predicted octanol–water partition coefficient (Wildman–Crippen LogP) is 9.37. The van der Waals surface area contributed by atoms with Crippen molar-refractivity contribution in [3.8, 4) is 0 Å². The number of hydrogen-bond donors (Lipinski definition) is 0. The molecule has 0 N–H and O–H groups in total. The second-order valence-corrected chi connectivity index (χ2v) is 10.5. The zero-order valence-electron chi connectivity index (χ0n) is 24.9. The Bertz CT molecular complexity index is 809. The topological polar surface area (TPSA) is 29.5 Å². The molecule has 2 atom stereocenters. The summed E-state index contributed by atoms with van der Waals surface area (Å²) in [6.45, 7) is 20.3. The number of ether oxygens (including phenoxy) is 1. The van der Waals surface area contributed by atoms with Crippen LogP contribution in [0.2, 0.25) is 0 Å². The second kappa shape index (κ2) is 19.0. The summed E-state index contributed by atoms with van der Waals surface area (Å²) in [5.41, 5.74) is 2.27. The van der Waals surface area contributed by atoms with E-state index in [4.69, 9.17) is 4.74 Å². The minimum atomic E-state index is 0. The lowest BCUT2D eigenvalue weighted by Crippen LogP contribution is -2.39. The number of allylic oxidation sites excluding steroid dienone is 5. The lowest BCUT2D eigenvalue weighted by Gasteiger charge is -2.33. The third kappa shape index (κ3) is 11.4. The summed E-state index contributed by atoms with van der Waals surface area (Å²) in [5, 5.41) is 0. The van der Waals surface area contributed by atoms with Crippen LogP contribution in [0.4, 0.5) is 0 Å². The van der Waals surface area contributed by atoms with E-state index < -0.39 is 0 Å². The van der Waals surface area contributed by atoms with Gasteiger partial charge in [-0.1, -0.05) is 96.5 Å². The number of benzene rings is 1. The number of carbonyl (C=O) groups is 1. The number of hydrogen-bond acceptors (Lipinski definition) is 3. The molecule has 1 heterocycles. The standard InChI is InChI=1S/C27H37NO2.C5H12.C2H6.H2/c1-4-6-13-25(27(29)10-5-2)28-19-18-21(3)26(28)20-30-24-16-14-23(15-17-24)22-11-8-7-9-12-22;1-4-5(2)3;1-2;/h4-9,11-13,21,23-24,26H,2,10,14-20H2,1,3H3;5H,4H2,1-3H3;1-2H3;1H/b6-4-,25-13+;;;/t21-,23?,24?,26-;;;/m0.../s1. The van der Waals surface area contributed by atoms with E-state index in [0.29, 0.717) is 31.0 Å². The number of rotatable bonds is 10. The van der Waals surface area contributed by atoms with Crippen molar-refractivity contribution >= 4 is 5.78 Å². The highest BCUT2D eigenvalue weighted by atomic mass is 16.5. The zero-order chi connectivity index (χ0) is 27.6. The van der Waals surface area contributed by atoms with Gasteiger partial charge in [0.15, 0.2) is 5.78 Å². The third-order valence-corrected chi connectivity index (χ3v) is 7.52. The van der Waals surface area contributed by atoms with Gasteiger partial charge in [-0.15, -0.1) is 6.58 Å². The number of carbonyl (C=O) groups excluding carboxylic acids is 1. The van der Waals surface area contributed by atoms with Crippen LogP contribution >= 0.6 is 0 Å². The van der Waals surface area contributed by atoms with Gasteiger partial charge >= 0.3 is 0 Å². The highest BCUT2D eigenvalue weighted by molar-refractivity contribution is 5.96. The van der Waals surface area contributed by atoms with E-state index in [-0.39, 0.29) is 13.3 Å². The van der Waals surface area contributed by atoms with Gasteiger partial charge < -0.3 is 9.64 Å². The molecule has 1 saturated heterocycles. The molecule has 0 radical (unpaired) electrons. The van der Waals surface area contributed by atoms with Crippen molar-refractivity contribution in [2.24, 2.45) is 11.8 Å². The average Bonchev–Trinajstić information content (AvgIpc) is 3.29. The van der Waals surface area contributed by atoms with E-state index in [2.05, 4.69) is 69.5 Å². The van der Waals surface area contributed by atoms with E-state index in [0.717, 1.165) is 37.4 Å². The fourth-order valence-corrected chi connectivity index (χ4v) is 4.86. The Labute approximate surface area is 230 Å². The maximum Gasteiger partial charge on any atom is 0.182 e. The molecule has 1 aromatic rings. The van der Waals surface area contributed by atoms with Crippen LogP contribution < -0.4 is 0 Å². The smallest absolute Gasteiger partial charge is 0.182 e. The molecular weight excluding hydrogens is 454 g/mol. The van der Waals surface area contributed by atoms with Gasteiger partial charge in [0.25, 0.3) is 0 Å². The number of Topliss-reactive ketones (excluding diaryl/α,β-unsaturated/α-hetero) is 1. The van der Waals surface area contributed by atoms with Gasteiger partial charge in [0.05, 0.1) is 24.4 Å². The molecule has 0 bridgehead atoms. The largest absolute Gasteiger partial charge is 0.376 e. The van der Waals surface area contributed by atoms with Gasteiger partial charge in [0.2, 0.25) is 0 Å². The van der Waals surface area contributed by atoms with Gasteiger partial charge in [-0.2, -0.15) is 0 Å². The van der Waals surface area contributed by atoms with Gasteiger partial charge in [0, 0.05) is 14.4 Å². The van der Waals surface area contributed by atoms with Crippen molar-refractivity contribution in [2.75, 3.05) is 13.2 Å². The molecular formula is C34H57NO2. The summed E-state index contributed by atoms with van der Waals surface area (Å²) >= 11 is 0. The van der Waals surface area contributed by atoms with Crippen LogP contribution in [-0.2, 0) is 9.53 Å². The second-order valence-electron chi connectivity index (χ2n) is 10.5. The SMILES string of the molecule is C=CCC(=O)/C(=C\C=C/C)N1CC[C@H](C)[C@@H]1COC1CCC(c2ccccc2)CC1.CC.CCC(C)C.[HH]. The first kappa shape index (κ1) is 32.9. The first-order valence-corrected chi connectivity index (χ1v) is 14.8. The molecule has 3 rings (SSSR count). The Kier molecular flexibility index (Phi) is 16.9. The molecule has 0 aromatic heterocycles. The van der Waals surface area contributed by atoms with Gasteiger partial charge in [-0.3, -0.25) is 4.79 Å². The normalized spacial score (nSPS) is 23.8. The Balaban J connectivity index is 0.00000154. The average molecular weight is 512 g/mol.